The SMILES string of the molecule is CCNC(=O)CN1CCCC(NCC)C1=O. The van der Waals surface area contributed by atoms with Crippen LogP contribution in [-0.2, 0) is 9.59 Å². The van der Waals surface area contributed by atoms with Gasteiger partial charge < -0.3 is 15.5 Å². The number of amides is 2. The van der Waals surface area contributed by atoms with E-state index in [-0.39, 0.29) is 24.4 Å². The zero-order chi connectivity index (χ0) is 12.0. The molecule has 92 valence electrons. The van der Waals surface area contributed by atoms with Crippen molar-refractivity contribution in [1.29, 1.82) is 0 Å². The van der Waals surface area contributed by atoms with Crippen molar-refractivity contribution in [2.24, 2.45) is 0 Å². The molecule has 5 heteroatoms. The summed E-state index contributed by atoms with van der Waals surface area (Å²) in [5.74, 6) is -0.0210. The fourth-order valence-corrected chi connectivity index (χ4v) is 1.96. The fraction of sp³-hybridized carbons (Fsp3) is 0.818. The van der Waals surface area contributed by atoms with Gasteiger partial charge in [0.25, 0.3) is 0 Å². The van der Waals surface area contributed by atoms with E-state index in [1.54, 1.807) is 4.90 Å². The number of rotatable bonds is 5. The molecule has 2 amide bonds. The summed E-state index contributed by atoms with van der Waals surface area (Å²) in [4.78, 5) is 25.0. The number of likely N-dealkylation sites (tertiary alicyclic amines) is 1. The van der Waals surface area contributed by atoms with Gasteiger partial charge in [-0.1, -0.05) is 6.92 Å². The molecule has 0 radical (unpaired) electrons. The van der Waals surface area contributed by atoms with Gasteiger partial charge in [-0.25, -0.2) is 0 Å². The second kappa shape index (κ2) is 6.48. The Morgan fingerprint density at radius 3 is 2.81 bits per heavy atom. The number of likely N-dealkylation sites (N-methyl/N-ethyl adjacent to an activating group) is 2. The Morgan fingerprint density at radius 2 is 2.19 bits per heavy atom. The van der Waals surface area contributed by atoms with Gasteiger partial charge in [0.15, 0.2) is 0 Å². The summed E-state index contributed by atoms with van der Waals surface area (Å²) < 4.78 is 0. The van der Waals surface area contributed by atoms with Gasteiger partial charge in [-0.2, -0.15) is 0 Å². The molecule has 2 N–H and O–H groups in total. The van der Waals surface area contributed by atoms with E-state index in [0.29, 0.717) is 13.1 Å². The minimum Gasteiger partial charge on any atom is -0.355 e. The first-order chi connectivity index (χ1) is 7.69. The third kappa shape index (κ3) is 3.48. The topological polar surface area (TPSA) is 61.4 Å². The monoisotopic (exact) mass is 227 g/mol. The van der Waals surface area contributed by atoms with Crippen LogP contribution >= 0.6 is 0 Å². The van der Waals surface area contributed by atoms with Gasteiger partial charge >= 0.3 is 0 Å². The number of carbonyl (C=O) groups is 2. The standard InChI is InChI=1S/C11H21N3O2/c1-3-12-9-6-5-7-14(11(9)16)8-10(15)13-4-2/h9,12H,3-8H2,1-2H3,(H,13,15). The predicted molar refractivity (Wildman–Crippen MR) is 62.0 cm³/mol. The highest BCUT2D eigenvalue weighted by Crippen LogP contribution is 2.11. The van der Waals surface area contributed by atoms with Crippen LogP contribution in [0.2, 0.25) is 0 Å². The molecular formula is C11H21N3O2. The molecule has 1 rings (SSSR count). The lowest BCUT2D eigenvalue weighted by Gasteiger charge is -2.32. The lowest BCUT2D eigenvalue weighted by molar-refractivity contribution is -0.139. The molecule has 1 saturated heterocycles. The molecule has 1 atom stereocenters. The van der Waals surface area contributed by atoms with Crippen molar-refractivity contribution in [3.63, 3.8) is 0 Å². The van der Waals surface area contributed by atoms with Crippen LogP contribution in [0.5, 0.6) is 0 Å². The lowest BCUT2D eigenvalue weighted by atomic mass is 10.0. The van der Waals surface area contributed by atoms with E-state index in [1.165, 1.54) is 0 Å². The van der Waals surface area contributed by atoms with E-state index in [4.69, 9.17) is 0 Å². The summed E-state index contributed by atoms with van der Waals surface area (Å²) in [6.45, 7) is 6.13. The van der Waals surface area contributed by atoms with Gasteiger partial charge in [0.05, 0.1) is 12.6 Å². The van der Waals surface area contributed by atoms with Gasteiger partial charge in [0.2, 0.25) is 11.8 Å². The van der Waals surface area contributed by atoms with Gasteiger partial charge in [-0.15, -0.1) is 0 Å². The van der Waals surface area contributed by atoms with Gasteiger partial charge in [0.1, 0.15) is 0 Å². The molecule has 0 saturated carbocycles. The minimum atomic E-state index is -0.104. The maximum atomic E-state index is 11.9. The molecule has 1 heterocycles. The first-order valence-corrected chi connectivity index (χ1v) is 5.97. The average molecular weight is 227 g/mol. The van der Waals surface area contributed by atoms with E-state index in [0.717, 1.165) is 19.4 Å². The van der Waals surface area contributed by atoms with Gasteiger partial charge in [0, 0.05) is 13.1 Å². The summed E-state index contributed by atoms with van der Waals surface area (Å²) in [6, 6.07) is -0.104. The molecule has 1 fully saturated rings. The number of nitrogens with one attached hydrogen (secondary N) is 2. The summed E-state index contributed by atoms with van der Waals surface area (Å²) in [6.07, 6.45) is 1.83. The third-order valence-electron chi connectivity index (χ3n) is 2.69. The quantitative estimate of drug-likeness (QED) is 0.679. The van der Waals surface area contributed by atoms with Crippen LogP contribution in [0.15, 0.2) is 0 Å². The van der Waals surface area contributed by atoms with Crippen molar-refractivity contribution in [1.82, 2.24) is 15.5 Å². The second-order valence-corrected chi connectivity index (χ2v) is 3.97. The van der Waals surface area contributed by atoms with Crippen LogP contribution in [-0.4, -0.2) is 48.9 Å². The molecule has 0 aromatic heterocycles. The molecule has 1 aliphatic heterocycles. The van der Waals surface area contributed by atoms with Crippen molar-refractivity contribution in [3.8, 4) is 0 Å². The predicted octanol–water partition coefficient (Wildman–Crippen LogP) is -0.277. The number of piperidine rings is 1. The number of hydrogen-bond donors (Lipinski definition) is 2. The number of nitrogens with zero attached hydrogens (tertiary/aromatic N) is 1. The number of hydrogen-bond acceptors (Lipinski definition) is 3. The Labute approximate surface area is 96.6 Å². The minimum absolute atomic E-state index is 0.0550. The molecule has 0 bridgehead atoms. The molecule has 0 aromatic carbocycles. The van der Waals surface area contributed by atoms with Gasteiger partial charge in [-0.05, 0) is 26.3 Å². The zero-order valence-corrected chi connectivity index (χ0v) is 10.1. The van der Waals surface area contributed by atoms with E-state index >= 15 is 0 Å². The van der Waals surface area contributed by atoms with Crippen molar-refractivity contribution in [2.45, 2.75) is 32.7 Å². The third-order valence-corrected chi connectivity index (χ3v) is 2.69. The van der Waals surface area contributed by atoms with Crippen molar-refractivity contribution < 1.29 is 9.59 Å². The largest absolute Gasteiger partial charge is 0.355 e. The highest BCUT2D eigenvalue weighted by atomic mass is 16.2. The maximum Gasteiger partial charge on any atom is 0.240 e. The van der Waals surface area contributed by atoms with Crippen LogP contribution < -0.4 is 10.6 Å². The molecule has 1 unspecified atom stereocenters. The van der Waals surface area contributed by atoms with Gasteiger partial charge in [-0.3, -0.25) is 9.59 Å². The van der Waals surface area contributed by atoms with Crippen LogP contribution in [0.4, 0.5) is 0 Å². The highest BCUT2D eigenvalue weighted by molar-refractivity contribution is 5.88. The van der Waals surface area contributed by atoms with E-state index in [9.17, 15) is 9.59 Å². The van der Waals surface area contributed by atoms with E-state index < -0.39 is 0 Å². The average Bonchev–Trinajstić information content (AvgIpc) is 2.24. The maximum absolute atomic E-state index is 11.9. The molecule has 0 aliphatic carbocycles. The molecule has 1 aliphatic rings. The zero-order valence-electron chi connectivity index (χ0n) is 10.1. The molecule has 0 aromatic rings. The highest BCUT2D eigenvalue weighted by Gasteiger charge is 2.28. The van der Waals surface area contributed by atoms with Crippen LogP contribution in [0.1, 0.15) is 26.7 Å². The fourth-order valence-electron chi connectivity index (χ4n) is 1.96. The molecule has 0 spiro atoms. The Kier molecular flexibility index (Phi) is 5.25. The van der Waals surface area contributed by atoms with Crippen LogP contribution in [0.25, 0.3) is 0 Å². The molecular weight excluding hydrogens is 206 g/mol. The van der Waals surface area contributed by atoms with Crippen molar-refractivity contribution in [3.05, 3.63) is 0 Å². The smallest absolute Gasteiger partial charge is 0.240 e. The molecule has 5 nitrogen and oxygen atoms in total. The Balaban J connectivity index is 2.46. The summed E-state index contributed by atoms with van der Waals surface area (Å²) >= 11 is 0. The first kappa shape index (κ1) is 13.0. The van der Waals surface area contributed by atoms with E-state index in [2.05, 4.69) is 10.6 Å². The number of carbonyl (C=O) groups excluding carboxylic acids is 2. The Hall–Kier alpha value is -1.10. The van der Waals surface area contributed by atoms with Crippen LogP contribution in [0, 0.1) is 0 Å². The summed E-state index contributed by atoms with van der Waals surface area (Å²) in [5.41, 5.74) is 0. The summed E-state index contributed by atoms with van der Waals surface area (Å²) in [7, 11) is 0. The first-order valence-electron chi connectivity index (χ1n) is 5.97. The van der Waals surface area contributed by atoms with Crippen molar-refractivity contribution in [2.75, 3.05) is 26.2 Å². The summed E-state index contributed by atoms with van der Waals surface area (Å²) in [5, 5.41) is 5.85. The second-order valence-electron chi connectivity index (χ2n) is 3.97. The van der Waals surface area contributed by atoms with Crippen LogP contribution in [0.3, 0.4) is 0 Å². The Morgan fingerprint density at radius 1 is 1.44 bits per heavy atom. The normalized spacial score (nSPS) is 21.0. The van der Waals surface area contributed by atoms with E-state index in [1.807, 2.05) is 13.8 Å². The van der Waals surface area contributed by atoms with Crippen molar-refractivity contribution >= 4 is 11.8 Å². The lowest BCUT2D eigenvalue weighted by Crippen LogP contribution is -2.53. The molecule has 16 heavy (non-hydrogen) atoms. The Bertz CT molecular complexity index is 254.